The van der Waals surface area contributed by atoms with E-state index in [1.165, 1.54) is 0 Å². The number of nitrogens with one attached hydrogen (secondary N) is 1. The van der Waals surface area contributed by atoms with Gasteiger partial charge in [0.1, 0.15) is 0 Å². The van der Waals surface area contributed by atoms with E-state index < -0.39 is 16.7 Å². The lowest BCUT2D eigenvalue weighted by Crippen LogP contribution is -2.48. The van der Waals surface area contributed by atoms with Crippen LogP contribution in [0.25, 0.3) is 0 Å². The molecule has 1 aliphatic carbocycles. The van der Waals surface area contributed by atoms with E-state index in [0.717, 1.165) is 36.8 Å². The number of benzene rings is 1. The van der Waals surface area contributed by atoms with Crippen LogP contribution in [0.5, 0.6) is 0 Å². The van der Waals surface area contributed by atoms with Gasteiger partial charge in [-0.05, 0) is 39.2 Å². The van der Waals surface area contributed by atoms with E-state index in [9.17, 15) is 9.59 Å². The maximum absolute atomic E-state index is 12.9. The molecular formula is C18H26N2O2. The van der Waals surface area contributed by atoms with Gasteiger partial charge in [0.25, 0.3) is 0 Å². The maximum Gasteiger partial charge on any atom is 0.230 e. The Labute approximate surface area is 132 Å². The summed E-state index contributed by atoms with van der Waals surface area (Å²) in [6, 6.07) is 8.19. The molecule has 0 bridgehead atoms. The van der Waals surface area contributed by atoms with Gasteiger partial charge < -0.3 is 11.1 Å². The number of hydrogen-bond donors (Lipinski definition) is 2. The number of amides is 2. The second-order valence-corrected chi connectivity index (χ2v) is 7.09. The summed E-state index contributed by atoms with van der Waals surface area (Å²) in [7, 11) is 0. The molecule has 4 heteroatoms. The fraction of sp³-hybridized carbons (Fsp3) is 0.556. The Hall–Kier alpha value is -1.84. The minimum absolute atomic E-state index is 0.0184. The summed E-state index contributed by atoms with van der Waals surface area (Å²) in [4.78, 5) is 24.3. The zero-order valence-corrected chi connectivity index (χ0v) is 13.7. The molecule has 0 unspecified atom stereocenters. The number of carbonyl (C=O) groups is 2. The van der Waals surface area contributed by atoms with E-state index in [1.54, 1.807) is 13.8 Å². The highest BCUT2D eigenvalue weighted by molar-refractivity contribution is 5.89. The number of primary amides is 1. The number of carbonyl (C=O) groups excluding carboxylic acids is 2. The van der Waals surface area contributed by atoms with Crippen molar-refractivity contribution in [1.29, 1.82) is 0 Å². The topological polar surface area (TPSA) is 72.2 Å². The molecule has 4 nitrogen and oxygen atoms in total. The van der Waals surface area contributed by atoms with Gasteiger partial charge in [-0.2, -0.15) is 0 Å². The standard InChI is InChI=1S/C18H26N2O2/c1-13-7-6-8-14(11-13)18(9-4-5-10-18)16(22)20-12-17(2,3)15(19)21/h6-8,11H,4-5,9-10,12H2,1-3H3,(H2,19,21)(H,20,22). The first-order valence-corrected chi connectivity index (χ1v) is 7.93. The van der Waals surface area contributed by atoms with Gasteiger partial charge >= 0.3 is 0 Å². The van der Waals surface area contributed by atoms with Gasteiger partial charge in [-0.3, -0.25) is 9.59 Å². The molecule has 2 amide bonds. The Morgan fingerprint density at radius 1 is 1.27 bits per heavy atom. The summed E-state index contributed by atoms with van der Waals surface area (Å²) in [5.74, 6) is -0.381. The average Bonchev–Trinajstić information content (AvgIpc) is 2.95. The van der Waals surface area contributed by atoms with E-state index in [2.05, 4.69) is 11.4 Å². The third-order valence-electron chi connectivity index (χ3n) is 4.82. The molecule has 0 aromatic heterocycles. The molecule has 1 aliphatic rings. The zero-order chi connectivity index (χ0) is 16.4. The van der Waals surface area contributed by atoms with E-state index >= 15 is 0 Å². The molecule has 1 aromatic carbocycles. The molecule has 0 aliphatic heterocycles. The SMILES string of the molecule is Cc1cccc(C2(C(=O)NCC(C)(C)C(N)=O)CCCC2)c1. The summed E-state index contributed by atoms with van der Waals surface area (Å²) in [6.07, 6.45) is 3.83. The molecule has 1 fully saturated rings. The van der Waals surface area contributed by atoms with Crippen LogP contribution in [0.4, 0.5) is 0 Å². The first kappa shape index (κ1) is 16.5. The van der Waals surface area contributed by atoms with Crippen molar-refractivity contribution in [1.82, 2.24) is 5.32 Å². The lowest BCUT2D eigenvalue weighted by molar-refractivity contribution is -0.129. The van der Waals surface area contributed by atoms with Crippen LogP contribution in [-0.4, -0.2) is 18.4 Å². The second-order valence-electron chi connectivity index (χ2n) is 7.09. The highest BCUT2D eigenvalue weighted by atomic mass is 16.2. The highest BCUT2D eigenvalue weighted by Gasteiger charge is 2.43. The van der Waals surface area contributed by atoms with Crippen LogP contribution < -0.4 is 11.1 Å². The highest BCUT2D eigenvalue weighted by Crippen LogP contribution is 2.41. The third-order valence-corrected chi connectivity index (χ3v) is 4.82. The van der Waals surface area contributed by atoms with Crippen LogP contribution in [0.3, 0.4) is 0 Å². The Morgan fingerprint density at radius 3 is 2.45 bits per heavy atom. The predicted octanol–water partition coefficient (Wildman–Crippen LogP) is 2.43. The summed E-state index contributed by atoms with van der Waals surface area (Å²) in [6.45, 7) is 5.82. The minimum atomic E-state index is -0.734. The fourth-order valence-electron chi connectivity index (χ4n) is 3.13. The Kier molecular flexibility index (Phi) is 4.59. The maximum atomic E-state index is 12.9. The van der Waals surface area contributed by atoms with E-state index in [4.69, 9.17) is 5.73 Å². The van der Waals surface area contributed by atoms with Gasteiger partial charge in [0.15, 0.2) is 0 Å². The second kappa shape index (κ2) is 6.11. The van der Waals surface area contributed by atoms with Crippen molar-refractivity contribution in [3.05, 3.63) is 35.4 Å². The number of aryl methyl sites for hydroxylation is 1. The molecule has 1 aromatic rings. The van der Waals surface area contributed by atoms with Crippen molar-refractivity contribution >= 4 is 11.8 Å². The summed E-state index contributed by atoms with van der Waals surface area (Å²) < 4.78 is 0. The van der Waals surface area contributed by atoms with Gasteiger partial charge in [-0.15, -0.1) is 0 Å². The third kappa shape index (κ3) is 3.16. The van der Waals surface area contributed by atoms with Gasteiger partial charge in [-0.1, -0.05) is 42.7 Å². The summed E-state index contributed by atoms with van der Waals surface area (Å²) in [5.41, 5.74) is 6.43. The number of rotatable bonds is 5. The number of hydrogen-bond acceptors (Lipinski definition) is 2. The van der Waals surface area contributed by atoms with Crippen molar-refractivity contribution in [3.63, 3.8) is 0 Å². The quantitative estimate of drug-likeness (QED) is 0.877. The predicted molar refractivity (Wildman–Crippen MR) is 87.3 cm³/mol. The van der Waals surface area contributed by atoms with Gasteiger partial charge in [0.05, 0.1) is 10.8 Å². The zero-order valence-electron chi connectivity index (χ0n) is 13.7. The van der Waals surface area contributed by atoms with Crippen LogP contribution in [0.1, 0.15) is 50.7 Å². The normalized spacial score (nSPS) is 17.2. The molecule has 0 saturated heterocycles. The Morgan fingerprint density at radius 2 is 1.91 bits per heavy atom. The monoisotopic (exact) mass is 302 g/mol. The molecule has 2 rings (SSSR count). The van der Waals surface area contributed by atoms with Crippen molar-refractivity contribution in [2.24, 2.45) is 11.1 Å². The van der Waals surface area contributed by atoms with Gasteiger partial charge in [0, 0.05) is 6.54 Å². The van der Waals surface area contributed by atoms with Crippen molar-refractivity contribution in [2.45, 2.75) is 51.9 Å². The van der Waals surface area contributed by atoms with E-state index in [1.807, 2.05) is 25.1 Å². The lowest BCUT2D eigenvalue weighted by atomic mass is 9.77. The molecule has 0 spiro atoms. The van der Waals surface area contributed by atoms with Crippen molar-refractivity contribution in [2.75, 3.05) is 6.54 Å². The average molecular weight is 302 g/mol. The van der Waals surface area contributed by atoms with Crippen molar-refractivity contribution in [3.8, 4) is 0 Å². The molecule has 3 N–H and O–H groups in total. The van der Waals surface area contributed by atoms with Gasteiger partial charge in [0.2, 0.25) is 11.8 Å². The van der Waals surface area contributed by atoms with Crippen molar-refractivity contribution < 1.29 is 9.59 Å². The Bertz CT molecular complexity index is 572. The van der Waals surface area contributed by atoms with Crippen LogP contribution in [0.2, 0.25) is 0 Å². The van der Waals surface area contributed by atoms with E-state index in [-0.39, 0.29) is 12.5 Å². The van der Waals surface area contributed by atoms with Crippen LogP contribution >= 0.6 is 0 Å². The Balaban J connectivity index is 2.21. The van der Waals surface area contributed by atoms with Gasteiger partial charge in [-0.25, -0.2) is 0 Å². The summed E-state index contributed by atoms with van der Waals surface area (Å²) in [5, 5.41) is 2.97. The molecule has 120 valence electrons. The molecule has 1 saturated carbocycles. The molecular weight excluding hydrogens is 276 g/mol. The smallest absolute Gasteiger partial charge is 0.230 e. The fourth-order valence-corrected chi connectivity index (χ4v) is 3.13. The lowest BCUT2D eigenvalue weighted by Gasteiger charge is -2.30. The molecule has 22 heavy (non-hydrogen) atoms. The van der Waals surface area contributed by atoms with Crippen LogP contribution in [0, 0.1) is 12.3 Å². The number of nitrogens with two attached hydrogens (primary N) is 1. The molecule has 0 heterocycles. The molecule has 0 radical (unpaired) electrons. The first-order chi connectivity index (χ1) is 10.3. The largest absolute Gasteiger partial charge is 0.369 e. The minimum Gasteiger partial charge on any atom is -0.369 e. The van der Waals surface area contributed by atoms with E-state index in [0.29, 0.717) is 0 Å². The van der Waals surface area contributed by atoms with Crippen LogP contribution in [-0.2, 0) is 15.0 Å². The van der Waals surface area contributed by atoms with Crippen LogP contribution in [0.15, 0.2) is 24.3 Å². The molecule has 0 atom stereocenters. The summed E-state index contributed by atoms with van der Waals surface area (Å²) >= 11 is 0. The first-order valence-electron chi connectivity index (χ1n) is 7.93.